The maximum absolute atomic E-state index is 13.6. The SMILES string of the molecule is COCC(CCO)NC(C)c1ccc(F)cc1F. The van der Waals surface area contributed by atoms with Crippen molar-refractivity contribution in [3.8, 4) is 0 Å². The van der Waals surface area contributed by atoms with E-state index in [1.165, 1.54) is 12.1 Å². The lowest BCUT2D eigenvalue weighted by Gasteiger charge is -2.22. The summed E-state index contributed by atoms with van der Waals surface area (Å²) < 4.78 is 31.4. The zero-order valence-electron chi connectivity index (χ0n) is 10.6. The molecule has 0 aromatic heterocycles. The molecule has 2 N–H and O–H groups in total. The molecule has 0 saturated heterocycles. The highest BCUT2D eigenvalue weighted by Gasteiger charge is 2.16. The van der Waals surface area contributed by atoms with Gasteiger partial charge in [0.15, 0.2) is 0 Å². The molecule has 2 atom stereocenters. The van der Waals surface area contributed by atoms with Gasteiger partial charge >= 0.3 is 0 Å². The minimum Gasteiger partial charge on any atom is -0.396 e. The van der Waals surface area contributed by atoms with Crippen molar-refractivity contribution in [2.24, 2.45) is 0 Å². The van der Waals surface area contributed by atoms with Gasteiger partial charge in [-0.25, -0.2) is 8.78 Å². The molecule has 0 spiro atoms. The van der Waals surface area contributed by atoms with Gasteiger partial charge in [-0.3, -0.25) is 0 Å². The highest BCUT2D eigenvalue weighted by atomic mass is 19.1. The van der Waals surface area contributed by atoms with Gasteiger partial charge in [-0.15, -0.1) is 0 Å². The number of methoxy groups -OCH3 is 1. The van der Waals surface area contributed by atoms with Gasteiger partial charge in [0, 0.05) is 37.4 Å². The average molecular weight is 259 g/mol. The lowest BCUT2D eigenvalue weighted by Crippen LogP contribution is -2.36. The summed E-state index contributed by atoms with van der Waals surface area (Å²) in [4.78, 5) is 0. The molecule has 3 nitrogen and oxygen atoms in total. The van der Waals surface area contributed by atoms with Crippen LogP contribution < -0.4 is 5.32 Å². The molecule has 0 saturated carbocycles. The molecule has 0 amide bonds. The standard InChI is InChI=1S/C13H19F2NO2/c1-9(16-11(5-6-17)8-18-2)12-4-3-10(14)7-13(12)15/h3-4,7,9,11,16-17H,5-6,8H2,1-2H3. The number of aliphatic hydroxyl groups excluding tert-OH is 1. The number of nitrogens with one attached hydrogen (secondary N) is 1. The molecule has 0 radical (unpaired) electrons. The Morgan fingerprint density at radius 3 is 2.67 bits per heavy atom. The van der Waals surface area contributed by atoms with E-state index < -0.39 is 11.6 Å². The van der Waals surface area contributed by atoms with Crippen molar-refractivity contribution in [1.29, 1.82) is 0 Å². The number of hydrogen-bond donors (Lipinski definition) is 2. The predicted molar refractivity (Wildman–Crippen MR) is 65.3 cm³/mol. The van der Waals surface area contributed by atoms with Crippen LogP contribution in [0.2, 0.25) is 0 Å². The molecule has 2 unspecified atom stereocenters. The van der Waals surface area contributed by atoms with E-state index in [9.17, 15) is 8.78 Å². The Balaban J connectivity index is 2.70. The molecule has 0 aliphatic heterocycles. The molecule has 0 fully saturated rings. The third-order valence-electron chi connectivity index (χ3n) is 2.76. The van der Waals surface area contributed by atoms with Crippen molar-refractivity contribution in [2.75, 3.05) is 20.3 Å². The normalized spacial score (nSPS) is 14.5. The number of rotatable bonds is 7. The van der Waals surface area contributed by atoms with Crippen molar-refractivity contribution in [2.45, 2.75) is 25.4 Å². The molecule has 0 bridgehead atoms. The number of ether oxygens (including phenoxy) is 1. The molecule has 1 rings (SSSR count). The van der Waals surface area contributed by atoms with E-state index in [1.54, 1.807) is 14.0 Å². The summed E-state index contributed by atoms with van der Waals surface area (Å²) in [5.74, 6) is -1.16. The number of aliphatic hydroxyl groups is 1. The summed E-state index contributed by atoms with van der Waals surface area (Å²) in [5, 5.41) is 12.1. The van der Waals surface area contributed by atoms with Crippen LogP contribution in [0.4, 0.5) is 8.78 Å². The highest BCUT2D eigenvalue weighted by molar-refractivity contribution is 5.21. The summed E-state index contributed by atoms with van der Waals surface area (Å²) in [7, 11) is 1.56. The van der Waals surface area contributed by atoms with Crippen LogP contribution in [0.3, 0.4) is 0 Å². The largest absolute Gasteiger partial charge is 0.396 e. The van der Waals surface area contributed by atoms with Crippen LogP contribution in [-0.4, -0.2) is 31.5 Å². The predicted octanol–water partition coefficient (Wildman–Crippen LogP) is 2.01. The van der Waals surface area contributed by atoms with Crippen LogP contribution in [0.5, 0.6) is 0 Å². The molecular weight excluding hydrogens is 240 g/mol. The third kappa shape index (κ3) is 4.33. The van der Waals surface area contributed by atoms with Crippen molar-refractivity contribution < 1.29 is 18.6 Å². The minimum absolute atomic E-state index is 0.0274. The monoisotopic (exact) mass is 259 g/mol. The fraction of sp³-hybridized carbons (Fsp3) is 0.538. The van der Waals surface area contributed by atoms with Gasteiger partial charge in [0.05, 0.1) is 6.61 Å². The fourth-order valence-electron chi connectivity index (χ4n) is 1.87. The summed E-state index contributed by atoms with van der Waals surface area (Å²) >= 11 is 0. The summed E-state index contributed by atoms with van der Waals surface area (Å²) in [6, 6.07) is 3.17. The summed E-state index contributed by atoms with van der Waals surface area (Å²) in [6.45, 7) is 2.24. The first kappa shape index (κ1) is 15.0. The molecule has 5 heteroatoms. The first-order valence-corrected chi connectivity index (χ1v) is 5.89. The molecule has 0 aliphatic carbocycles. The van der Waals surface area contributed by atoms with E-state index in [2.05, 4.69) is 5.32 Å². The zero-order valence-corrected chi connectivity index (χ0v) is 10.6. The van der Waals surface area contributed by atoms with Gasteiger partial charge in [0.2, 0.25) is 0 Å². The van der Waals surface area contributed by atoms with Crippen molar-refractivity contribution >= 4 is 0 Å². The van der Waals surface area contributed by atoms with E-state index >= 15 is 0 Å². The van der Waals surface area contributed by atoms with E-state index in [0.29, 0.717) is 18.6 Å². The molecule has 0 heterocycles. The molecule has 102 valence electrons. The number of hydrogen-bond acceptors (Lipinski definition) is 3. The van der Waals surface area contributed by atoms with Crippen LogP contribution in [0.1, 0.15) is 24.9 Å². The topological polar surface area (TPSA) is 41.5 Å². The first-order chi connectivity index (χ1) is 8.58. The summed E-state index contributed by atoms with van der Waals surface area (Å²) in [5.41, 5.74) is 0.399. The number of halogens is 2. The van der Waals surface area contributed by atoms with Gasteiger partial charge in [0.25, 0.3) is 0 Å². The first-order valence-electron chi connectivity index (χ1n) is 5.89. The molecular formula is C13H19F2NO2. The molecule has 18 heavy (non-hydrogen) atoms. The molecule has 0 aliphatic rings. The van der Waals surface area contributed by atoms with E-state index in [1.807, 2.05) is 0 Å². The maximum Gasteiger partial charge on any atom is 0.130 e. The van der Waals surface area contributed by atoms with Gasteiger partial charge in [-0.1, -0.05) is 6.07 Å². The number of benzene rings is 1. The van der Waals surface area contributed by atoms with Gasteiger partial charge in [-0.05, 0) is 19.4 Å². The Bertz CT molecular complexity index is 368. The zero-order chi connectivity index (χ0) is 13.5. The van der Waals surface area contributed by atoms with Crippen molar-refractivity contribution in [3.05, 3.63) is 35.4 Å². The van der Waals surface area contributed by atoms with Crippen LogP contribution in [0.25, 0.3) is 0 Å². The lowest BCUT2D eigenvalue weighted by atomic mass is 10.1. The Kier molecular flexibility index (Phi) is 6.18. The highest BCUT2D eigenvalue weighted by Crippen LogP contribution is 2.18. The van der Waals surface area contributed by atoms with Gasteiger partial charge in [-0.2, -0.15) is 0 Å². The second kappa shape index (κ2) is 7.41. The third-order valence-corrected chi connectivity index (χ3v) is 2.76. The van der Waals surface area contributed by atoms with Gasteiger partial charge in [0.1, 0.15) is 11.6 Å². The quantitative estimate of drug-likeness (QED) is 0.787. The van der Waals surface area contributed by atoms with E-state index in [0.717, 1.165) is 6.07 Å². The average Bonchev–Trinajstić information content (AvgIpc) is 2.29. The van der Waals surface area contributed by atoms with E-state index in [-0.39, 0.29) is 18.7 Å². The lowest BCUT2D eigenvalue weighted by molar-refractivity contribution is 0.143. The van der Waals surface area contributed by atoms with Gasteiger partial charge < -0.3 is 15.2 Å². The molecule has 1 aromatic carbocycles. The second-order valence-electron chi connectivity index (χ2n) is 4.22. The van der Waals surface area contributed by atoms with Crippen LogP contribution in [-0.2, 0) is 4.74 Å². The van der Waals surface area contributed by atoms with Crippen molar-refractivity contribution in [3.63, 3.8) is 0 Å². The van der Waals surface area contributed by atoms with Crippen LogP contribution in [0.15, 0.2) is 18.2 Å². The maximum atomic E-state index is 13.6. The Morgan fingerprint density at radius 2 is 2.11 bits per heavy atom. The Labute approximate surface area is 106 Å². The Hall–Kier alpha value is -1.04. The fourth-order valence-corrected chi connectivity index (χ4v) is 1.87. The van der Waals surface area contributed by atoms with Crippen LogP contribution in [0, 0.1) is 11.6 Å². The minimum atomic E-state index is -0.591. The van der Waals surface area contributed by atoms with Crippen molar-refractivity contribution in [1.82, 2.24) is 5.32 Å². The second-order valence-corrected chi connectivity index (χ2v) is 4.22. The molecule has 1 aromatic rings. The van der Waals surface area contributed by atoms with Crippen LogP contribution >= 0.6 is 0 Å². The van der Waals surface area contributed by atoms with E-state index in [4.69, 9.17) is 9.84 Å². The smallest absolute Gasteiger partial charge is 0.130 e. The Morgan fingerprint density at radius 1 is 1.39 bits per heavy atom. The summed E-state index contributed by atoms with van der Waals surface area (Å²) in [6.07, 6.45) is 0.515.